The molecule has 1 aromatic carbocycles. The van der Waals surface area contributed by atoms with Crippen LogP contribution in [-0.4, -0.2) is 37.5 Å². The van der Waals surface area contributed by atoms with Gasteiger partial charge in [0.1, 0.15) is 0 Å². The molecular weight excluding hydrogens is 276 g/mol. The van der Waals surface area contributed by atoms with Crippen LogP contribution in [0.25, 0.3) is 0 Å². The first-order chi connectivity index (χ1) is 9.11. The van der Waals surface area contributed by atoms with Crippen LogP contribution in [0.5, 0.6) is 0 Å². The zero-order valence-corrected chi connectivity index (χ0v) is 13.4. The molecule has 5 nitrogen and oxygen atoms in total. The molecule has 0 atom stereocenters. The van der Waals surface area contributed by atoms with Crippen LogP contribution >= 0.6 is 0 Å². The van der Waals surface area contributed by atoms with Gasteiger partial charge in [0.05, 0.1) is 12.8 Å². The zero-order valence-electron chi connectivity index (χ0n) is 12.6. The van der Waals surface area contributed by atoms with E-state index in [1.54, 1.807) is 13.8 Å². The summed E-state index contributed by atoms with van der Waals surface area (Å²) < 4.78 is 24.4. The number of benzene rings is 1. The van der Waals surface area contributed by atoms with Gasteiger partial charge >= 0.3 is 0 Å². The highest BCUT2D eigenvalue weighted by Gasteiger charge is 2.23. The van der Waals surface area contributed by atoms with Crippen LogP contribution in [0.3, 0.4) is 0 Å². The van der Waals surface area contributed by atoms with Gasteiger partial charge in [-0.05, 0) is 39.3 Å². The van der Waals surface area contributed by atoms with Crippen molar-refractivity contribution in [2.75, 3.05) is 18.1 Å². The summed E-state index contributed by atoms with van der Waals surface area (Å²) in [5.74, 6) is -0.337. The average Bonchev–Trinajstić information content (AvgIpc) is 2.28. The van der Waals surface area contributed by atoms with E-state index in [1.807, 2.05) is 32.0 Å². The number of nitrogens with one attached hydrogen (secondary N) is 1. The topological polar surface area (TPSA) is 66.5 Å². The Hall–Kier alpha value is -1.40. The lowest BCUT2D eigenvalue weighted by Crippen LogP contribution is -2.41. The first kappa shape index (κ1) is 16.7. The number of carbonyl (C=O) groups excluding carboxylic acids is 1. The number of amides is 1. The highest BCUT2D eigenvalue weighted by molar-refractivity contribution is 7.88. The van der Waals surface area contributed by atoms with Crippen molar-refractivity contribution in [1.29, 1.82) is 0 Å². The quantitative estimate of drug-likeness (QED) is 0.903. The highest BCUT2D eigenvalue weighted by Crippen LogP contribution is 2.16. The van der Waals surface area contributed by atoms with Crippen LogP contribution in [0.2, 0.25) is 0 Å². The molecule has 0 heterocycles. The molecule has 0 radical (unpaired) electrons. The fourth-order valence-corrected chi connectivity index (χ4v) is 3.09. The Morgan fingerprint density at radius 3 is 2.35 bits per heavy atom. The minimum absolute atomic E-state index is 0.177. The smallest absolute Gasteiger partial charge is 0.239 e. The van der Waals surface area contributed by atoms with Crippen LogP contribution < -0.4 is 5.32 Å². The zero-order chi connectivity index (χ0) is 15.5. The largest absolute Gasteiger partial charge is 0.325 e. The van der Waals surface area contributed by atoms with Gasteiger partial charge in [0, 0.05) is 11.7 Å². The Morgan fingerprint density at radius 1 is 1.30 bits per heavy atom. The molecule has 0 aliphatic rings. The molecular formula is C14H22N2O3S. The van der Waals surface area contributed by atoms with Gasteiger partial charge in [-0.3, -0.25) is 4.79 Å². The van der Waals surface area contributed by atoms with E-state index in [0.717, 1.165) is 17.4 Å². The maximum Gasteiger partial charge on any atom is 0.239 e. The third-order valence-electron chi connectivity index (χ3n) is 2.96. The summed E-state index contributed by atoms with van der Waals surface area (Å²) >= 11 is 0. The van der Waals surface area contributed by atoms with Gasteiger partial charge in [-0.25, -0.2) is 8.42 Å². The lowest BCUT2D eigenvalue weighted by atomic mass is 10.1. The second kappa shape index (κ2) is 6.37. The summed E-state index contributed by atoms with van der Waals surface area (Å²) in [5, 5.41) is 2.75. The molecule has 1 amide bonds. The predicted octanol–water partition coefficient (Wildman–Crippen LogP) is 1.91. The number of nitrogens with zero attached hydrogens (tertiary/aromatic N) is 1. The van der Waals surface area contributed by atoms with E-state index < -0.39 is 10.0 Å². The molecule has 0 aliphatic heterocycles. The molecule has 6 heteroatoms. The summed E-state index contributed by atoms with van der Waals surface area (Å²) in [5.41, 5.74) is 2.77. The number of rotatable bonds is 5. The number of hydrogen-bond acceptors (Lipinski definition) is 3. The summed E-state index contributed by atoms with van der Waals surface area (Å²) in [4.78, 5) is 12.0. The van der Waals surface area contributed by atoms with Gasteiger partial charge in [0.2, 0.25) is 15.9 Å². The molecule has 0 aliphatic carbocycles. The maximum atomic E-state index is 12.0. The van der Waals surface area contributed by atoms with Crippen LogP contribution in [0.4, 0.5) is 5.69 Å². The number of carbonyl (C=O) groups is 1. The van der Waals surface area contributed by atoms with E-state index in [-0.39, 0.29) is 18.5 Å². The van der Waals surface area contributed by atoms with Crippen molar-refractivity contribution in [2.45, 2.75) is 33.7 Å². The Kier molecular flexibility index (Phi) is 5.30. The number of anilines is 1. The van der Waals surface area contributed by atoms with Crippen LogP contribution in [0.1, 0.15) is 25.0 Å². The molecule has 1 N–H and O–H groups in total. The SMILES string of the molecule is Cc1ccc(NC(=O)CN(C(C)C)S(C)(=O)=O)c(C)c1. The Morgan fingerprint density at radius 2 is 1.90 bits per heavy atom. The molecule has 112 valence electrons. The lowest BCUT2D eigenvalue weighted by molar-refractivity contribution is -0.116. The van der Waals surface area contributed by atoms with E-state index in [1.165, 1.54) is 4.31 Å². The first-order valence-corrected chi connectivity index (χ1v) is 8.30. The Bertz CT molecular complexity index is 594. The molecule has 20 heavy (non-hydrogen) atoms. The molecule has 1 aromatic rings. The van der Waals surface area contributed by atoms with Crippen LogP contribution in [0, 0.1) is 13.8 Å². The maximum absolute atomic E-state index is 12.0. The number of aryl methyl sites for hydroxylation is 2. The summed E-state index contributed by atoms with van der Waals surface area (Å²) in [7, 11) is -3.40. The van der Waals surface area contributed by atoms with Gasteiger partial charge in [0.25, 0.3) is 0 Å². The van der Waals surface area contributed by atoms with Gasteiger partial charge in [0.15, 0.2) is 0 Å². The van der Waals surface area contributed by atoms with Crippen molar-refractivity contribution in [2.24, 2.45) is 0 Å². The third-order valence-corrected chi connectivity index (χ3v) is 4.36. The minimum Gasteiger partial charge on any atom is -0.325 e. The Labute approximate surface area is 121 Å². The van der Waals surface area contributed by atoms with Crippen molar-refractivity contribution < 1.29 is 13.2 Å². The lowest BCUT2D eigenvalue weighted by Gasteiger charge is -2.23. The van der Waals surface area contributed by atoms with Crippen molar-refractivity contribution in [3.05, 3.63) is 29.3 Å². The van der Waals surface area contributed by atoms with Crippen molar-refractivity contribution in [1.82, 2.24) is 4.31 Å². The fourth-order valence-electron chi connectivity index (χ4n) is 1.97. The average molecular weight is 298 g/mol. The van der Waals surface area contributed by atoms with E-state index in [2.05, 4.69) is 5.32 Å². The van der Waals surface area contributed by atoms with Gasteiger partial charge in [-0.1, -0.05) is 17.7 Å². The van der Waals surface area contributed by atoms with E-state index in [9.17, 15) is 13.2 Å². The summed E-state index contributed by atoms with van der Waals surface area (Å²) in [6.45, 7) is 7.18. The standard InChI is InChI=1S/C14H22N2O3S/c1-10(2)16(20(5,18)19)9-14(17)15-13-7-6-11(3)8-12(13)4/h6-8,10H,9H2,1-5H3,(H,15,17). The van der Waals surface area contributed by atoms with Crippen molar-refractivity contribution >= 4 is 21.6 Å². The minimum atomic E-state index is -3.40. The van der Waals surface area contributed by atoms with E-state index in [4.69, 9.17) is 0 Å². The fraction of sp³-hybridized carbons (Fsp3) is 0.500. The second-order valence-electron chi connectivity index (χ2n) is 5.27. The monoisotopic (exact) mass is 298 g/mol. The number of sulfonamides is 1. The van der Waals surface area contributed by atoms with Gasteiger partial charge in [-0.15, -0.1) is 0 Å². The van der Waals surface area contributed by atoms with Crippen molar-refractivity contribution in [3.63, 3.8) is 0 Å². The molecule has 0 bridgehead atoms. The molecule has 0 aromatic heterocycles. The van der Waals surface area contributed by atoms with E-state index in [0.29, 0.717) is 5.69 Å². The van der Waals surface area contributed by atoms with E-state index >= 15 is 0 Å². The molecule has 0 saturated carbocycles. The highest BCUT2D eigenvalue weighted by atomic mass is 32.2. The molecule has 0 fully saturated rings. The van der Waals surface area contributed by atoms with Crippen LogP contribution in [-0.2, 0) is 14.8 Å². The molecule has 0 unspecified atom stereocenters. The Balaban J connectivity index is 2.81. The molecule has 0 spiro atoms. The summed E-state index contributed by atoms with van der Waals surface area (Å²) in [6.07, 6.45) is 1.11. The second-order valence-corrected chi connectivity index (χ2v) is 7.20. The third kappa shape index (κ3) is 4.61. The van der Waals surface area contributed by atoms with Crippen LogP contribution in [0.15, 0.2) is 18.2 Å². The van der Waals surface area contributed by atoms with Gasteiger partial charge in [-0.2, -0.15) is 4.31 Å². The normalized spacial score (nSPS) is 11.9. The predicted molar refractivity (Wildman–Crippen MR) is 81.2 cm³/mol. The molecule has 0 saturated heterocycles. The van der Waals surface area contributed by atoms with Gasteiger partial charge < -0.3 is 5.32 Å². The molecule has 1 rings (SSSR count). The first-order valence-electron chi connectivity index (χ1n) is 6.45. The summed E-state index contributed by atoms with van der Waals surface area (Å²) in [6, 6.07) is 5.43. The number of hydrogen-bond donors (Lipinski definition) is 1. The van der Waals surface area contributed by atoms with Crippen molar-refractivity contribution in [3.8, 4) is 0 Å².